The van der Waals surface area contributed by atoms with Crippen LogP contribution >= 0.6 is 0 Å². The summed E-state index contributed by atoms with van der Waals surface area (Å²) in [6.07, 6.45) is 0.758. The maximum Gasteiger partial charge on any atom is 0.119 e. The molecule has 0 aromatic heterocycles. The first-order valence-corrected chi connectivity index (χ1v) is 7.28. The van der Waals surface area contributed by atoms with Gasteiger partial charge in [0.15, 0.2) is 0 Å². The van der Waals surface area contributed by atoms with Gasteiger partial charge in [-0.25, -0.2) is 0 Å². The van der Waals surface area contributed by atoms with E-state index in [-0.39, 0.29) is 18.2 Å². The van der Waals surface area contributed by atoms with Gasteiger partial charge in [-0.15, -0.1) is 0 Å². The minimum absolute atomic E-state index is 0.0177. The summed E-state index contributed by atoms with van der Waals surface area (Å²) in [6.45, 7) is 9.60. The highest BCUT2D eigenvalue weighted by Gasteiger charge is 2.25. The Morgan fingerprint density at radius 3 is 2.30 bits per heavy atom. The summed E-state index contributed by atoms with van der Waals surface area (Å²) in [5.41, 5.74) is -0.306. The predicted molar refractivity (Wildman–Crippen MR) is 81.5 cm³/mol. The number of likely N-dealkylation sites (N-methyl/N-ethyl adjacent to an activating group) is 1. The number of rotatable bonds is 9. The Kier molecular flexibility index (Phi) is 6.82. The monoisotopic (exact) mass is 281 g/mol. The van der Waals surface area contributed by atoms with Gasteiger partial charge in [-0.1, -0.05) is 6.92 Å². The van der Waals surface area contributed by atoms with Gasteiger partial charge in [-0.05, 0) is 51.6 Å². The van der Waals surface area contributed by atoms with Crippen LogP contribution < -0.4 is 14.8 Å². The topological polar surface area (TPSA) is 50.7 Å². The lowest BCUT2D eigenvalue weighted by Crippen LogP contribution is -2.48. The van der Waals surface area contributed by atoms with Crippen LogP contribution in [0, 0.1) is 0 Å². The van der Waals surface area contributed by atoms with Crippen molar-refractivity contribution in [2.45, 2.75) is 45.8 Å². The number of aliphatic hydroxyl groups excluding tert-OH is 1. The first-order valence-electron chi connectivity index (χ1n) is 7.28. The molecule has 0 bridgehead atoms. The minimum atomic E-state index is -0.306. The number of ether oxygens (including phenoxy) is 2. The van der Waals surface area contributed by atoms with Gasteiger partial charge in [-0.3, -0.25) is 0 Å². The summed E-state index contributed by atoms with van der Waals surface area (Å²) in [7, 11) is 0. The molecule has 0 radical (unpaired) electrons. The molecule has 0 saturated carbocycles. The third-order valence-corrected chi connectivity index (χ3v) is 3.16. The first-order chi connectivity index (χ1) is 9.53. The highest BCUT2D eigenvalue weighted by molar-refractivity contribution is 5.31. The number of benzene rings is 1. The highest BCUT2D eigenvalue weighted by atomic mass is 16.5. The largest absolute Gasteiger partial charge is 0.494 e. The zero-order chi connectivity index (χ0) is 15.0. The Bertz CT molecular complexity index is 380. The van der Waals surface area contributed by atoms with Crippen LogP contribution in [-0.2, 0) is 0 Å². The maximum atomic E-state index is 9.49. The average molecular weight is 281 g/mol. The lowest BCUT2D eigenvalue weighted by molar-refractivity contribution is 0.111. The molecule has 0 amide bonds. The molecule has 1 aromatic carbocycles. The fourth-order valence-electron chi connectivity index (χ4n) is 2.31. The van der Waals surface area contributed by atoms with Gasteiger partial charge in [0, 0.05) is 12.0 Å². The summed E-state index contributed by atoms with van der Waals surface area (Å²) in [5.74, 6) is 1.66. The van der Waals surface area contributed by atoms with E-state index < -0.39 is 0 Å². The molecule has 0 aliphatic heterocycles. The van der Waals surface area contributed by atoms with Gasteiger partial charge in [-0.2, -0.15) is 0 Å². The van der Waals surface area contributed by atoms with Crippen molar-refractivity contribution in [2.24, 2.45) is 0 Å². The lowest BCUT2D eigenvalue weighted by atomic mass is 9.95. The molecular formula is C16H27NO3. The van der Waals surface area contributed by atoms with Crippen LogP contribution in [0.4, 0.5) is 0 Å². The molecule has 2 N–H and O–H groups in total. The van der Waals surface area contributed by atoms with E-state index in [9.17, 15) is 5.11 Å². The van der Waals surface area contributed by atoms with Crippen LogP contribution in [0.1, 0.15) is 34.1 Å². The Hall–Kier alpha value is -1.26. The zero-order valence-electron chi connectivity index (χ0n) is 13.0. The third-order valence-electron chi connectivity index (χ3n) is 3.16. The van der Waals surface area contributed by atoms with Crippen molar-refractivity contribution in [3.05, 3.63) is 24.3 Å². The smallest absolute Gasteiger partial charge is 0.119 e. The van der Waals surface area contributed by atoms with Crippen molar-refractivity contribution < 1.29 is 14.6 Å². The molecular weight excluding hydrogens is 254 g/mol. The standard InChI is InChI=1S/C16H27NO3/c1-5-17-16(4,12-18)11-13(3)20-15-9-7-14(8-10-15)19-6-2/h7-10,13,17-18H,5-6,11-12H2,1-4H3. The molecule has 4 heteroatoms. The number of nitrogens with one attached hydrogen (secondary N) is 1. The fourth-order valence-corrected chi connectivity index (χ4v) is 2.31. The van der Waals surface area contributed by atoms with Gasteiger partial charge in [0.25, 0.3) is 0 Å². The van der Waals surface area contributed by atoms with Crippen LogP contribution in [0.2, 0.25) is 0 Å². The van der Waals surface area contributed by atoms with Crippen molar-refractivity contribution in [2.75, 3.05) is 19.8 Å². The summed E-state index contributed by atoms with van der Waals surface area (Å²) >= 11 is 0. The fraction of sp³-hybridized carbons (Fsp3) is 0.625. The van der Waals surface area contributed by atoms with E-state index in [2.05, 4.69) is 5.32 Å². The summed E-state index contributed by atoms with van der Waals surface area (Å²) in [4.78, 5) is 0. The van der Waals surface area contributed by atoms with Crippen molar-refractivity contribution in [3.8, 4) is 11.5 Å². The van der Waals surface area contributed by atoms with Gasteiger partial charge >= 0.3 is 0 Å². The summed E-state index contributed by atoms with van der Waals surface area (Å²) in [5, 5.41) is 12.8. The maximum absolute atomic E-state index is 9.49. The van der Waals surface area contributed by atoms with Crippen molar-refractivity contribution >= 4 is 0 Å². The first kappa shape index (κ1) is 16.8. The molecule has 114 valence electrons. The van der Waals surface area contributed by atoms with Gasteiger partial charge < -0.3 is 19.9 Å². The van der Waals surface area contributed by atoms with E-state index in [0.29, 0.717) is 6.61 Å². The average Bonchev–Trinajstić information content (AvgIpc) is 2.41. The second-order valence-electron chi connectivity index (χ2n) is 5.29. The quantitative estimate of drug-likeness (QED) is 0.730. The third kappa shape index (κ3) is 5.39. The molecule has 2 atom stereocenters. The molecule has 0 spiro atoms. The van der Waals surface area contributed by atoms with E-state index in [4.69, 9.17) is 9.47 Å². The van der Waals surface area contributed by atoms with Crippen molar-refractivity contribution in [3.63, 3.8) is 0 Å². The Morgan fingerprint density at radius 2 is 1.80 bits per heavy atom. The second kappa shape index (κ2) is 8.12. The normalized spacial score (nSPS) is 15.4. The molecule has 20 heavy (non-hydrogen) atoms. The molecule has 0 saturated heterocycles. The van der Waals surface area contributed by atoms with Crippen LogP contribution in [-0.4, -0.2) is 36.5 Å². The molecule has 0 fully saturated rings. The SMILES string of the molecule is CCNC(C)(CO)CC(C)Oc1ccc(OCC)cc1. The Morgan fingerprint density at radius 1 is 1.20 bits per heavy atom. The number of hydrogen-bond donors (Lipinski definition) is 2. The Balaban J connectivity index is 2.54. The molecule has 1 rings (SSSR count). The van der Waals surface area contributed by atoms with Crippen molar-refractivity contribution in [1.82, 2.24) is 5.32 Å². The van der Waals surface area contributed by atoms with Gasteiger partial charge in [0.2, 0.25) is 0 Å². The minimum Gasteiger partial charge on any atom is -0.494 e. The molecule has 0 aliphatic rings. The molecule has 0 aliphatic carbocycles. The summed E-state index contributed by atoms with van der Waals surface area (Å²) in [6, 6.07) is 7.62. The second-order valence-corrected chi connectivity index (χ2v) is 5.29. The summed E-state index contributed by atoms with van der Waals surface area (Å²) < 4.78 is 11.3. The van der Waals surface area contributed by atoms with E-state index in [1.165, 1.54) is 0 Å². The zero-order valence-corrected chi connectivity index (χ0v) is 13.0. The van der Waals surface area contributed by atoms with Crippen molar-refractivity contribution in [1.29, 1.82) is 0 Å². The number of hydrogen-bond acceptors (Lipinski definition) is 4. The van der Waals surface area contributed by atoms with Gasteiger partial charge in [0.05, 0.1) is 19.3 Å². The highest BCUT2D eigenvalue weighted by Crippen LogP contribution is 2.21. The molecule has 2 unspecified atom stereocenters. The predicted octanol–water partition coefficient (Wildman–Crippen LogP) is 2.60. The number of aliphatic hydroxyl groups is 1. The molecule has 4 nitrogen and oxygen atoms in total. The van der Waals surface area contributed by atoms with Gasteiger partial charge in [0.1, 0.15) is 11.5 Å². The molecule has 0 heterocycles. The van der Waals surface area contributed by atoms with E-state index in [1.54, 1.807) is 0 Å². The van der Waals surface area contributed by atoms with E-state index >= 15 is 0 Å². The Labute approximate surface area is 122 Å². The molecule has 1 aromatic rings. The lowest BCUT2D eigenvalue weighted by Gasteiger charge is -2.31. The van der Waals surface area contributed by atoms with Crippen LogP contribution in [0.25, 0.3) is 0 Å². The van der Waals surface area contributed by atoms with Crippen LogP contribution in [0.15, 0.2) is 24.3 Å². The van der Waals surface area contributed by atoms with Crippen LogP contribution in [0.5, 0.6) is 11.5 Å². The van der Waals surface area contributed by atoms with E-state index in [0.717, 1.165) is 24.5 Å². The van der Waals surface area contributed by atoms with Crippen LogP contribution in [0.3, 0.4) is 0 Å². The van der Waals surface area contributed by atoms with E-state index in [1.807, 2.05) is 52.0 Å².